The fourth-order valence-corrected chi connectivity index (χ4v) is 1.65. The van der Waals surface area contributed by atoms with Gasteiger partial charge in [0.05, 0.1) is 6.61 Å². The van der Waals surface area contributed by atoms with E-state index in [9.17, 15) is 0 Å². The summed E-state index contributed by atoms with van der Waals surface area (Å²) in [6.07, 6.45) is 0. The topological polar surface area (TPSA) is 42.6 Å². The maximum absolute atomic E-state index is 8.95. The Morgan fingerprint density at radius 2 is 2.00 bits per heavy atom. The Kier molecular flexibility index (Phi) is 3.39. The standard InChI is InChI=1S/C13H14O3/c1-15-9-10-4-2-3-5-12(10)13-7-6-11(8-14)16-13/h2-7,14H,8-9H2,1H3. The number of furan rings is 1. The third kappa shape index (κ3) is 2.15. The van der Waals surface area contributed by atoms with Crippen LogP contribution in [0, 0.1) is 0 Å². The van der Waals surface area contributed by atoms with Crippen LogP contribution in [0.3, 0.4) is 0 Å². The van der Waals surface area contributed by atoms with Gasteiger partial charge in [-0.3, -0.25) is 0 Å². The lowest BCUT2D eigenvalue weighted by atomic mass is 10.1. The van der Waals surface area contributed by atoms with Crippen molar-refractivity contribution in [1.82, 2.24) is 0 Å². The lowest BCUT2D eigenvalue weighted by molar-refractivity contribution is 0.185. The number of benzene rings is 1. The Hall–Kier alpha value is -1.58. The summed E-state index contributed by atoms with van der Waals surface area (Å²) in [5.74, 6) is 1.33. The van der Waals surface area contributed by atoms with Crippen molar-refractivity contribution in [2.45, 2.75) is 13.2 Å². The molecule has 0 radical (unpaired) electrons. The molecule has 0 aliphatic rings. The highest BCUT2D eigenvalue weighted by Crippen LogP contribution is 2.26. The second kappa shape index (κ2) is 4.96. The van der Waals surface area contributed by atoms with Gasteiger partial charge in [0.2, 0.25) is 0 Å². The summed E-state index contributed by atoms with van der Waals surface area (Å²) in [5.41, 5.74) is 2.08. The van der Waals surface area contributed by atoms with Crippen molar-refractivity contribution in [2.24, 2.45) is 0 Å². The summed E-state index contributed by atoms with van der Waals surface area (Å²) in [5, 5.41) is 8.95. The molecule has 0 saturated carbocycles. The molecule has 2 rings (SSSR count). The van der Waals surface area contributed by atoms with Crippen LogP contribution in [0.4, 0.5) is 0 Å². The molecule has 3 nitrogen and oxygen atoms in total. The first-order valence-corrected chi connectivity index (χ1v) is 5.12. The molecule has 0 spiro atoms. The van der Waals surface area contributed by atoms with E-state index in [0.29, 0.717) is 12.4 Å². The zero-order valence-electron chi connectivity index (χ0n) is 9.14. The first-order valence-electron chi connectivity index (χ1n) is 5.12. The number of aliphatic hydroxyl groups is 1. The second-order valence-electron chi connectivity index (χ2n) is 3.51. The molecule has 0 amide bonds. The molecule has 1 heterocycles. The van der Waals surface area contributed by atoms with E-state index in [-0.39, 0.29) is 6.61 Å². The van der Waals surface area contributed by atoms with E-state index in [1.165, 1.54) is 0 Å². The molecule has 16 heavy (non-hydrogen) atoms. The van der Waals surface area contributed by atoms with Crippen LogP contribution in [-0.4, -0.2) is 12.2 Å². The van der Waals surface area contributed by atoms with Crippen molar-refractivity contribution >= 4 is 0 Å². The molecule has 1 aromatic heterocycles. The molecule has 1 N–H and O–H groups in total. The monoisotopic (exact) mass is 218 g/mol. The smallest absolute Gasteiger partial charge is 0.134 e. The van der Waals surface area contributed by atoms with Gasteiger partial charge in [-0.05, 0) is 17.7 Å². The maximum Gasteiger partial charge on any atom is 0.134 e. The molecule has 0 atom stereocenters. The van der Waals surface area contributed by atoms with Crippen molar-refractivity contribution in [3.8, 4) is 11.3 Å². The van der Waals surface area contributed by atoms with E-state index in [4.69, 9.17) is 14.3 Å². The molecule has 2 aromatic rings. The van der Waals surface area contributed by atoms with Gasteiger partial charge in [0.15, 0.2) is 0 Å². The Bertz CT molecular complexity index is 460. The fourth-order valence-electron chi connectivity index (χ4n) is 1.65. The predicted molar refractivity (Wildman–Crippen MR) is 60.8 cm³/mol. The van der Waals surface area contributed by atoms with Crippen LogP contribution in [0.15, 0.2) is 40.8 Å². The van der Waals surface area contributed by atoms with Crippen LogP contribution in [0.25, 0.3) is 11.3 Å². The van der Waals surface area contributed by atoms with Crippen LogP contribution >= 0.6 is 0 Å². The maximum atomic E-state index is 8.95. The van der Waals surface area contributed by atoms with E-state index in [2.05, 4.69) is 0 Å². The Morgan fingerprint density at radius 1 is 1.19 bits per heavy atom. The van der Waals surface area contributed by atoms with Gasteiger partial charge in [0.1, 0.15) is 18.1 Å². The highest BCUT2D eigenvalue weighted by molar-refractivity contribution is 5.62. The summed E-state index contributed by atoms with van der Waals surface area (Å²) in [6.45, 7) is 0.470. The number of ether oxygens (including phenoxy) is 1. The molecule has 0 bridgehead atoms. The predicted octanol–water partition coefficient (Wildman–Crippen LogP) is 2.59. The van der Waals surface area contributed by atoms with Gasteiger partial charge in [-0.2, -0.15) is 0 Å². The van der Waals surface area contributed by atoms with Crippen molar-refractivity contribution < 1.29 is 14.3 Å². The van der Waals surface area contributed by atoms with E-state index in [0.717, 1.165) is 16.9 Å². The van der Waals surface area contributed by atoms with Gasteiger partial charge in [0.25, 0.3) is 0 Å². The lowest BCUT2D eigenvalue weighted by Crippen LogP contribution is -1.90. The zero-order chi connectivity index (χ0) is 11.4. The van der Waals surface area contributed by atoms with Crippen molar-refractivity contribution in [1.29, 1.82) is 0 Å². The van der Waals surface area contributed by atoms with Gasteiger partial charge in [-0.1, -0.05) is 24.3 Å². The first kappa shape index (κ1) is 10.9. The van der Waals surface area contributed by atoms with Crippen LogP contribution in [0.1, 0.15) is 11.3 Å². The molecular weight excluding hydrogens is 204 g/mol. The largest absolute Gasteiger partial charge is 0.459 e. The van der Waals surface area contributed by atoms with Gasteiger partial charge in [0, 0.05) is 12.7 Å². The van der Waals surface area contributed by atoms with E-state index >= 15 is 0 Å². The molecule has 1 aromatic carbocycles. The van der Waals surface area contributed by atoms with Crippen LogP contribution in [0.2, 0.25) is 0 Å². The highest BCUT2D eigenvalue weighted by Gasteiger charge is 2.08. The number of rotatable bonds is 4. The van der Waals surface area contributed by atoms with Gasteiger partial charge in [-0.25, -0.2) is 0 Å². The minimum Gasteiger partial charge on any atom is -0.459 e. The second-order valence-corrected chi connectivity index (χ2v) is 3.51. The molecule has 0 unspecified atom stereocenters. The molecular formula is C13H14O3. The molecule has 0 aliphatic carbocycles. The van der Waals surface area contributed by atoms with Crippen LogP contribution in [0.5, 0.6) is 0 Å². The van der Waals surface area contributed by atoms with Crippen molar-refractivity contribution in [3.63, 3.8) is 0 Å². The normalized spacial score (nSPS) is 10.6. The molecule has 0 aliphatic heterocycles. The van der Waals surface area contributed by atoms with Crippen LogP contribution in [-0.2, 0) is 18.0 Å². The first-order chi connectivity index (χ1) is 7.85. The Balaban J connectivity index is 2.38. The Morgan fingerprint density at radius 3 is 2.69 bits per heavy atom. The summed E-state index contributed by atoms with van der Waals surface area (Å²) in [4.78, 5) is 0. The lowest BCUT2D eigenvalue weighted by Gasteiger charge is -2.05. The minimum absolute atomic E-state index is 0.0769. The summed E-state index contributed by atoms with van der Waals surface area (Å²) in [6, 6.07) is 11.5. The van der Waals surface area contributed by atoms with E-state index < -0.39 is 0 Å². The average molecular weight is 218 g/mol. The van der Waals surface area contributed by atoms with E-state index in [1.807, 2.05) is 30.3 Å². The molecule has 3 heteroatoms. The molecule has 84 valence electrons. The third-order valence-corrected chi connectivity index (χ3v) is 2.40. The van der Waals surface area contributed by atoms with Gasteiger partial charge < -0.3 is 14.3 Å². The van der Waals surface area contributed by atoms with Crippen molar-refractivity contribution in [3.05, 3.63) is 47.7 Å². The number of hydrogen-bond acceptors (Lipinski definition) is 3. The summed E-state index contributed by atoms with van der Waals surface area (Å²) < 4.78 is 10.6. The number of hydrogen-bond donors (Lipinski definition) is 1. The van der Waals surface area contributed by atoms with Gasteiger partial charge >= 0.3 is 0 Å². The molecule has 0 saturated heterocycles. The SMILES string of the molecule is COCc1ccccc1-c1ccc(CO)o1. The summed E-state index contributed by atoms with van der Waals surface area (Å²) in [7, 11) is 1.66. The van der Waals surface area contributed by atoms with Crippen molar-refractivity contribution in [2.75, 3.05) is 7.11 Å². The van der Waals surface area contributed by atoms with Crippen LogP contribution < -0.4 is 0 Å². The minimum atomic E-state index is -0.0769. The fraction of sp³-hybridized carbons (Fsp3) is 0.231. The Labute approximate surface area is 94.3 Å². The molecule has 0 fully saturated rings. The zero-order valence-corrected chi connectivity index (χ0v) is 9.14. The van der Waals surface area contributed by atoms with Gasteiger partial charge in [-0.15, -0.1) is 0 Å². The summed E-state index contributed by atoms with van der Waals surface area (Å²) >= 11 is 0. The quantitative estimate of drug-likeness (QED) is 0.857. The number of methoxy groups -OCH3 is 1. The average Bonchev–Trinajstić information content (AvgIpc) is 2.79. The van der Waals surface area contributed by atoms with E-state index in [1.54, 1.807) is 13.2 Å². The number of aliphatic hydroxyl groups excluding tert-OH is 1. The highest BCUT2D eigenvalue weighted by atomic mass is 16.5. The third-order valence-electron chi connectivity index (χ3n) is 2.40.